The predicted octanol–water partition coefficient (Wildman–Crippen LogP) is 7.97. The number of hydrogen-bond donors (Lipinski definition) is 1. The van der Waals surface area contributed by atoms with Crippen LogP contribution in [0.2, 0.25) is 5.02 Å². The van der Waals surface area contributed by atoms with E-state index in [4.69, 9.17) is 16.3 Å². The van der Waals surface area contributed by atoms with Crippen LogP contribution in [0.1, 0.15) is 31.2 Å². The van der Waals surface area contributed by atoms with Crippen LogP contribution in [0.3, 0.4) is 0 Å². The van der Waals surface area contributed by atoms with Crippen molar-refractivity contribution in [3.8, 4) is 11.5 Å². The van der Waals surface area contributed by atoms with Crippen LogP contribution in [-0.2, 0) is 19.2 Å². The number of aromatic hydroxyl groups is 1. The summed E-state index contributed by atoms with van der Waals surface area (Å²) in [7, 11) is 5.33. The van der Waals surface area contributed by atoms with Crippen LogP contribution in [0.5, 0.6) is 11.5 Å². The second-order valence-corrected chi connectivity index (χ2v) is 15.1. The molecule has 11 nitrogen and oxygen atoms in total. The molecule has 2 heterocycles. The molecule has 4 aromatic carbocycles. The monoisotopic (exact) mass is 743 g/mol. The van der Waals surface area contributed by atoms with Crippen LogP contribution in [0.4, 0.5) is 28.4 Å². The van der Waals surface area contributed by atoms with E-state index in [-0.39, 0.29) is 53.0 Å². The van der Waals surface area contributed by atoms with Gasteiger partial charge in [0.25, 0.3) is 0 Å². The van der Waals surface area contributed by atoms with Crippen LogP contribution in [0.15, 0.2) is 113 Å². The second kappa shape index (κ2) is 13.2. The number of phenols is 1. The van der Waals surface area contributed by atoms with E-state index in [2.05, 4.69) is 10.2 Å². The first-order valence-corrected chi connectivity index (χ1v) is 18.2. The molecule has 2 aliphatic heterocycles. The van der Waals surface area contributed by atoms with E-state index in [0.717, 1.165) is 11.3 Å². The highest BCUT2D eigenvalue weighted by atomic mass is 35.5. The smallest absolute Gasteiger partial charge is 0.241 e. The number of anilines is 3. The van der Waals surface area contributed by atoms with Gasteiger partial charge in [0, 0.05) is 25.7 Å². The van der Waals surface area contributed by atoms with Gasteiger partial charge < -0.3 is 14.7 Å². The number of allylic oxidation sites excluding steroid dienone is 2. The number of rotatable bonds is 7. The normalized spacial score (nSPS) is 26.2. The SMILES string of the molecule is COc1cc(C2C3=CCC4C(=O)N(c5ccc(N=Nc6ccc(N(C)C)cc6)cc5)C(=O)C4C3CC3C(=O)N(c4ccccc4)C(=O)C32C)cc(Cl)c1O. The standard InChI is InChI=1S/C42H38ClN5O6/c1-42-32(39(51)48(41(42)53)27-8-6-5-7-9-27)22-31-29(36(42)23-20-33(43)37(49)34(21-23)54-4)18-19-30-35(31)40(52)47(38(30)50)28-16-12-25(13-17-28)45-44-24-10-14-26(15-11-24)46(2)3/h5-18,20-21,30-32,35-36,49H,19,22H2,1-4H3. The summed E-state index contributed by atoms with van der Waals surface area (Å²) in [6.45, 7) is 1.80. The Bertz CT molecular complexity index is 2260. The number of amides is 4. The summed E-state index contributed by atoms with van der Waals surface area (Å²) in [5.74, 6) is -4.94. The number of fused-ring (bicyclic) bond motifs is 4. The molecular formula is C42H38ClN5O6. The van der Waals surface area contributed by atoms with Gasteiger partial charge in [-0.3, -0.25) is 24.1 Å². The number of methoxy groups -OCH3 is 1. The number of halogens is 1. The summed E-state index contributed by atoms with van der Waals surface area (Å²) in [6.07, 6.45) is 2.46. The lowest BCUT2D eigenvalue weighted by Crippen LogP contribution is -2.48. The molecule has 3 fully saturated rings. The number of imide groups is 2. The van der Waals surface area contributed by atoms with Crippen molar-refractivity contribution in [2.24, 2.45) is 39.3 Å². The molecule has 4 aromatic rings. The largest absolute Gasteiger partial charge is 0.503 e. The highest BCUT2D eigenvalue weighted by Gasteiger charge is 2.67. The fraction of sp³-hybridized carbons (Fsp3) is 0.286. The lowest BCUT2D eigenvalue weighted by atomic mass is 9.51. The Morgan fingerprint density at radius 1 is 0.815 bits per heavy atom. The molecule has 54 heavy (non-hydrogen) atoms. The predicted molar refractivity (Wildman–Crippen MR) is 205 cm³/mol. The molecule has 6 unspecified atom stereocenters. The van der Waals surface area contributed by atoms with Crippen molar-refractivity contribution in [3.05, 3.63) is 113 Å². The van der Waals surface area contributed by atoms with Crippen LogP contribution in [0.25, 0.3) is 0 Å². The Hall–Kier alpha value is -5.81. The Labute approximate surface area is 317 Å². The molecule has 0 spiro atoms. The molecular weight excluding hydrogens is 706 g/mol. The first-order valence-electron chi connectivity index (χ1n) is 17.8. The third-order valence-corrected chi connectivity index (χ3v) is 11.9. The van der Waals surface area contributed by atoms with Crippen LogP contribution < -0.4 is 19.4 Å². The molecule has 4 aliphatic rings. The van der Waals surface area contributed by atoms with Gasteiger partial charge in [-0.25, -0.2) is 4.90 Å². The molecule has 6 atom stereocenters. The lowest BCUT2D eigenvalue weighted by Gasteiger charge is -2.49. The first-order chi connectivity index (χ1) is 25.9. The summed E-state index contributed by atoms with van der Waals surface area (Å²) >= 11 is 6.54. The molecule has 1 saturated carbocycles. The number of phenolic OH excluding ortho intramolecular Hbond substituents is 1. The number of ether oxygens (including phenoxy) is 1. The second-order valence-electron chi connectivity index (χ2n) is 14.7. The summed E-state index contributed by atoms with van der Waals surface area (Å²) in [5.41, 5.74) is 3.27. The van der Waals surface area contributed by atoms with Crippen molar-refractivity contribution < 1.29 is 29.0 Å². The van der Waals surface area contributed by atoms with Crippen molar-refractivity contribution in [2.45, 2.75) is 25.7 Å². The summed E-state index contributed by atoms with van der Waals surface area (Å²) < 4.78 is 5.46. The molecule has 1 N–H and O–H groups in total. The van der Waals surface area contributed by atoms with Crippen molar-refractivity contribution in [1.82, 2.24) is 0 Å². The Balaban J connectivity index is 1.14. The van der Waals surface area contributed by atoms with Gasteiger partial charge in [0.2, 0.25) is 23.6 Å². The number of hydrogen-bond acceptors (Lipinski definition) is 9. The maximum atomic E-state index is 14.6. The molecule has 4 amide bonds. The van der Waals surface area contributed by atoms with Crippen molar-refractivity contribution in [1.29, 1.82) is 0 Å². The van der Waals surface area contributed by atoms with Gasteiger partial charge >= 0.3 is 0 Å². The molecule has 0 radical (unpaired) electrons. The van der Waals surface area contributed by atoms with Crippen LogP contribution >= 0.6 is 11.6 Å². The Kier molecular flexibility index (Phi) is 8.64. The minimum absolute atomic E-state index is 0.0288. The summed E-state index contributed by atoms with van der Waals surface area (Å²) in [6, 6.07) is 26.5. The number of carbonyl (C=O) groups excluding carboxylic acids is 4. The summed E-state index contributed by atoms with van der Waals surface area (Å²) in [5, 5.41) is 19.3. The number of azo groups is 1. The number of benzene rings is 4. The van der Waals surface area contributed by atoms with E-state index in [1.807, 2.05) is 55.4 Å². The highest BCUT2D eigenvalue weighted by molar-refractivity contribution is 6.32. The van der Waals surface area contributed by atoms with Crippen LogP contribution in [-0.4, -0.2) is 49.9 Å². The van der Waals surface area contributed by atoms with E-state index in [9.17, 15) is 24.3 Å². The highest BCUT2D eigenvalue weighted by Crippen LogP contribution is 2.64. The van der Waals surface area contributed by atoms with Crippen molar-refractivity contribution in [2.75, 3.05) is 35.9 Å². The molecule has 12 heteroatoms. The van der Waals surface area contributed by atoms with E-state index in [1.165, 1.54) is 16.9 Å². The number of carbonyl (C=O) groups is 4. The third-order valence-electron chi connectivity index (χ3n) is 11.6. The van der Waals surface area contributed by atoms with Gasteiger partial charge in [0.05, 0.1) is 58.1 Å². The first kappa shape index (κ1) is 35.2. The molecule has 8 rings (SSSR count). The minimum Gasteiger partial charge on any atom is -0.503 e. The van der Waals surface area contributed by atoms with Crippen molar-refractivity contribution in [3.63, 3.8) is 0 Å². The zero-order chi connectivity index (χ0) is 38.1. The van der Waals surface area contributed by atoms with E-state index in [0.29, 0.717) is 28.3 Å². The van der Waals surface area contributed by atoms with Gasteiger partial charge in [-0.2, -0.15) is 10.2 Å². The lowest BCUT2D eigenvalue weighted by molar-refractivity contribution is -0.131. The fourth-order valence-corrected chi connectivity index (χ4v) is 9.21. The zero-order valence-corrected chi connectivity index (χ0v) is 30.9. The number of para-hydroxylation sites is 1. The minimum atomic E-state index is -1.27. The molecule has 274 valence electrons. The van der Waals surface area contributed by atoms with E-state index < -0.39 is 35.0 Å². The van der Waals surface area contributed by atoms with E-state index in [1.54, 1.807) is 67.6 Å². The fourth-order valence-electron chi connectivity index (χ4n) is 8.99. The Morgan fingerprint density at radius 2 is 1.44 bits per heavy atom. The topological polar surface area (TPSA) is 132 Å². The number of nitrogens with zero attached hydrogens (tertiary/aromatic N) is 5. The third kappa shape index (κ3) is 5.40. The average molecular weight is 744 g/mol. The average Bonchev–Trinajstić information content (AvgIpc) is 3.55. The van der Waals surface area contributed by atoms with Gasteiger partial charge in [-0.15, -0.1) is 0 Å². The maximum absolute atomic E-state index is 14.6. The van der Waals surface area contributed by atoms with Crippen LogP contribution in [0, 0.1) is 29.1 Å². The van der Waals surface area contributed by atoms with E-state index >= 15 is 0 Å². The molecule has 2 saturated heterocycles. The maximum Gasteiger partial charge on any atom is 0.241 e. The summed E-state index contributed by atoms with van der Waals surface area (Å²) in [4.78, 5) is 62.1. The van der Waals surface area contributed by atoms with Crippen molar-refractivity contribution >= 4 is 63.7 Å². The Morgan fingerprint density at radius 3 is 2.07 bits per heavy atom. The van der Waals surface area contributed by atoms with Gasteiger partial charge in [0.15, 0.2) is 11.5 Å². The quantitative estimate of drug-likeness (QED) is 0.115. The molecule has 0 aromatic heterocycles. The zero-order valence-electron chi connectivity index (χ0n) is 30.1. The van der Waals surface area contributed by atoms with Gasteiger partial charge in [0.1, 0.15) is 0 Å². The van der Waals surface area contributed by atoms with Gasteiger partial charge in [-0.05, 0) is 104 Å². The molecule has 2 aliphatic carbocycles. The van der Waals surface area contributed by atoms with Gasteiger partial charge in [-0.1, -0.05) is 41.4 Å². The molecule has 0 bridgehead atoms.